The monoisotopic (exact) mass is 252 g/mol. The van der Waals surface area contributed by atoms with Gasteiger partial charge >= 0.3 is 0 Å². The number of nitrogens with zero attached hydrogens (tertiary/aromatic N) is 1. The van der Waals surface area contributed by atoms with Gasteiger partial charge in [-0.1, -0.05) is 0 Å². The number of aromatic amines is 1. The van der Waals surface area contributed by atoms with Crippen molar-refractivity contribution in [2.24, 2.45) is 5.73 Å². The Kier molecular flexibility index (Phi) is 4.33. The lowest BCUT2D eigenvalue weighted by atomic mass is 9.99. The molecule has 18 heavy (non-hydrogen) atoms. The van der Waals surface area contributed by atoms with E-state index in [9.17, 15) is 14.4 Å². The molecule has 0 aliphatic heterocycles. The van der Waals surface area contributed by atoms with Gasteiger partial charge in [0.15, 0.2) is 6.29 Å². The van der Waals surface area contributed by atoms with Crippen LogP contribution >= 0.6 is 0 Å². The Morgan fingerprint density at radius 2 is 2.28 bits per heavy atom. The number of Topliss-reactive ketones (excluding diaryl/α,β-unsaturated/α-hetero) is 1. The third-order valence-corrected chi connectivity index (χ3v) is 2.49. The number of imidazole rings is 1. The molecular formula is C11H16N4O3. The molecule has 0 unspecified atom stereocenters. The number of aromatic nitrogens is 2. The van der Waals surface area contributed by atoms with Gasteiger partial charge in [-0.15, -0.1) is 0 Å². The molecule has 1 aromatic heterocycles. The third kappa shape index (κ3) is 3.49. The largest absolute Gasteiger partial charge is 0.348 e. The average Bonchev–Trinajstić information content (AvgIpc) is 2.79. The molecule has 0 saturated carbocycles. The van der Waals surface area contributed by atoms with Crippen LogP contribution in [0.25, 0.3) is 0 Å². The highest BCUT2D eigenvalue weighted by Crippen LogP contribution is 2.04. The maximum Gasteiger partial charge on any atom is 0.238 e. The predicted molar refractivity (Wildman–Crippen MR) is 63.6 cm³/mol. The molecular weight excluding hydrogens is 236 g/mol. The standard InChI is InChI=1S/C11H16N4O3/c1-11(2,9(17)5-16)15-10(18)8(12)3-7-4-13-6-14-7/h4-6,8H,3,12H2,1-2H3,(H,13,14)(H,15,18)/t8-/m0/s1. The zero-order valence-electron chi connectivity index (χ0n) is 10.3. The van der Waals surface area contributed by atoms with Crippen molar-refractivity contribution in [3.63, 3.8) is 0 Å². The number of rotatable bonds is 6. The van der Waals surface area contributed by atoms with Gasteiger partial charge < -0.3 is 16.0 Å². The second kappa shape index (κ2) is 5.54. The van der Waals surface area contributed by atoms with Crippen LogP contribution in [0.4, 0.5) is 0 Å². The number of hydrogen-bond donors (Lipinski definition) is 3. The highest BCUT2D eigenvalue weighted by atomic mass is 16.2. The molecule has 7 heteroatoms. The van der Waals surface area contributed by atoms with Crippen LogP contribution in [-0.2, 0) is 20.8 Å². The van der Waals surface area contributed by atoms with Gasteiger partial charge in [0.1, 0.15) is 5.54 Å². The number of nitrogens with two attached hydrogens (primary N) is 1. The smallest absolute Gasteiger partial charge is 0.238 e. The molecule has 0 saturated heterocycles. The van der Waals surface area contributed by atoms with Crippen LogP contribution in [0.1, 0.15) is 19.5 Å². The van der Waals surface area contributed by atoms with Crippen molar-refractivity contribution in [1.82, 2.24) is 15.3 Å². The van der Waals surface area contributed by atoms with Crippen LogP contribution in [0.3, 0.4) is 0 Å². The highest BCUT2D eigenvalue weighted by molar-refractivity contribution is 6.29. The van der Waals surface area contributed by atoms with E-state index in [1.807, 2.05) is 0 Å². The van der Waals surface area contributed by atoms with E-state index in [4.69, 9.17) is 5.73 Å². The topological polar surface area (TPSA) is 118 Å². The minimum atomic E-state index is -1.25. The van der Waals surface area contributed by atoms with E-state index >= 15 is 0 Å². The number of amides is 1. The number of hydrogen-bond acceptors (Lipinski definition) is 5. The van der Waals surface area contributed by atoms with E-state index in [-0.39, 0.29) is 12.7 Å². The molecule has 1 amide bonds. The molecule has 98 valence electrons. The number of ketones is 1. The van der Waals surface area contributed by atoms with Crippen LogP contribution in [0, 0.1) is 0 Å². The summed E-state index contributed by atoms with van der Waals surface area (Å²) in [5.74, 6) is -1.20. The quantitative estimate of drug-likeness (QED) is 0.440. The summed E-state index contributed by atoms with van der Waals surface area (Å²) in [6, 6.07) is -0.816. The first-order chi connectivity index (χ1) is 8.36. The SMILES string of the molecule is CC(C)(NC(=O)[C@@H](N)Cc1cnc[nH]1)C(=O)C=O. The van der Waals surface area contributed by atoms with Gasteiger partial charge in [-0.25, -0.2) is 4.98 Å². The van der Waals surface area contributed by atoms with Crippen LogP contribution in [0.2, 0.25) is 0 Å². The van der Waals surface area contributed by atoms with Gasteiger partial charge in [0.25, 0.3) is 0 Å². The lowest BCUT2D eigenvalue weighted by Crippen LogP contribution is -2.55. The molecule has 0 fully saturated rings. The first-order valence-corrected chi connectivity index (χ1v) is 5.41. The summed E-state index contributed by atoms with van der Waals surface area (Å²) in [6.07, 6.45) is 3.51. The van der Waals surface area contributed by atoms with E-state index < -0.39 is 23.3 Å². The minimum Gasteiger partial charge on any atom is -0.348 e. The number of aldehydes is 1. The van der Waals surface area contributed by atoms with E-state index in [2.05, 4.69) is 15.3 Å². The fourth-order valence-electron chi connectivity index (χ4n) is 1.34. The fourth-order valence-corrected chi connectivity index (χ4v) is 1.34. The number of carbonyl (C=O) groups is 3. The van der Waals surface area contributed by atoms with Crippen molar-refractivity contribution < 1.29 is 14.4 Å². The Balaban J connectivity index is 2.59. The molecule has 0 aliphatic rings. The lowest BCUT2D eigenvalue weighted by Gasteiger charge is -2.24. The summed E-state index contributed by atoms with van der Waals surface area (Å²) < 4.78 is 0. The molecule has 1 heterocycles. The Bertz CT molecular complexity index is 439. The van der Waals surface area contributed by atoms with Gasteiger partial charge in [-0.2, -0.15) is 0 Å². The molecule has 7 nitrogen and oxygen atoms in total. The molecule has 0 spiro atoms. The number of nitrogens with one attached hydrogen (secondary N) is 2. The predicted octanol–water partition coefficient (Wildman–Crippen LogP) is -1.06. The molecule has 1 atom stereocenters. The Hall–Kier alpha value is -2.02. The second-order valence-electron chi connectivity index (χ2n) is 4.48. The van der Waals surface area contributed by atoms with Gasteiger partial charge in [-0.3, -0.25) is 14.4 Å². The first-order valence-electron chi connectivity index (χ1n) is 5.41. The Morgan fingerprint density at radius 3 is 2.78 bits per heavy atom. The summed E-state index contributed by atoms with van der Waals surface area (Å²) in [7, 11) is 0. The number of H-pyrrole nitrogens is 1. The summed E-state index contributed by atoms with van der Waals surface area (Å²) >= 11 is 0. The minimum absolute atomic E-state index is 0.181. The van der Waals surface area contributed by atoms with E-state index in [0.717, 1.165) is 5.69 Å². The Morgan fingerprint density at radius 1 is 1.61 bits per heavy atom. The zero-order chi connectivity index (χ0) is 13.8. The second-order valence-corrected chi connectivity index (χ2v) is 4.48. The molecule has 0 radical (unpaired) electrons. The van der Waals surface area contributed by atoms with E-state index in [1.54, 1.807) is 6.20 Å². The molecule has 0 bridgehead atoms. The third-order valence-electron chi connectivity index (χ3n) is 2.49. The molecule has 0 aromatic carbocycles. The highest BCUT2D eigenvalue weighted by Gasteiger charge is 2.30. The molecule has 1 aromatic rings. The van der Waals surface area contributed by atoms with Gasteiger partial charge in [0.05, 0.1) is 12.4 Å². The maximum absolute atomic E-state index is 11.8. The van der Waals surface area contributed by atoms with Crippen molar-refractivity contribution in [3.8, 4) is 0 Å². The van der Waals surface area contributed by atoms with Gasteiger partial charge in [0.2, 0.25) is 11.7 Å². The van der Waals surface area contributed by atoms with Crippen molar-refractivity contribution >= 4 is 18.0 Å². The zero-order valence-corrected chi connectivity index (χ0v) is 10.3. The fraction of sp³-hybridized carbons (Fsp3) is 0.455. The van der Waals surface area contributed by atoms with Crippen LogP contribution in [0.5, 0.6) is 0 Å². The molecule has 0 aliphatic carbocycles. The van der Waals surface area contributed by atoms with Gasteiger partial charge in [0, 0.05) is 18.3 Å². The summed E-state index contributed by atoms with van der Waals surface area (Å²) in [6.45, 7) is 2.90. The summed E-state index contributed by atoms with van der Waals surface area (Å²) in [4.78, 5) is 40.1. The summed E-state index contributed by atoms with van der Waals surface area (Å²) in [5.41, 5.74) is 5.17. The molecule has 1 rings (SSSR count). The van der Waals surface area contributed by atoms with Crippen molar-refractivity contribution in [1.29, 1.82) is 0 Å². The number of carbonyl (C=O) groups excluding carboxylic acids is 3. The normalized spacial score (nSPS) is 12.8. The van der Waals surface area contributed by atoms with Crippen molar-refractivity contribution in [2.75, 3.05) is 0 Å². The van der Waals surface area contributed by atoms with Crippen LogP contribution in [0.15, 0.2) is 12.5 Å². The maximum atomic E-state index is 11.8. The van der Waals surface area contributed by atoms with Crippen LogP contribution in [-0.4, -0.2) is 39.5 Å². The van der Waals surface area contributed by atoms with Crippen LogP contribution < -0.4 is 11.1 Å². The van der Waals surface area contributed by atoms with E-state index in [0.29, 0.717) is 0 Å². The van der Waals surface area contributed by atoms with E-state index in [1.165, 1.54) is 20.2 Å². The molecule has 4 N–H and O–H groups in total. The van der Waals surface area contributed by atoms with Gasteiger partial charge in [-0.05, 0) is 13.8 Å². The average molecular weight is 252 g/mol. The lowest BCUT2D eigenvalue weighted by molar-refractivity contribution is -0.136. The Labute approximate surface area is 104 Å². The van der Waals surface area contributed by atoms with Crippen molar-refractivity contribution in [2.45, 2.75) is 31.8 Å². The summed E-state index contributed by atoms with van der Waals surface area (Å²) in [5, 5.41) is 2.44. The van der Waals surface area contributed by atoms with Crippen molar-refractivity contribution in [3.05, 3.63) is 18.2 Å². The first kappa shape index (κ1) is 14.0.